The molecule has 1 heterocycles. The van der Waals surface area contributed by atoms with Crippen LogP contribution in [-0.4, -0.2) is 29.3 Å². The highest BCUT2D eigenvalue weighted by atomic mass is 19.1. The van der Waals surface area contributed by atoms with E-state index in [4.69, 9.17) is 9.47 Å². The number of methoxy groups -OCH3 is 1. The van der Waals surface area contributed by atoms with E-state index in [0.29, 0.717) is 11.4 Å². The predicted octanol–water partition coefficient (Wildman–Crippen LogP) is 0.488. The number of benzene rings is 1. The van der Waals surface area contributed by atoms with Crippen LogP contribution < -0.4 is 14.9 Å². The molecule has 2 rings (SSSR count). The molecule has 0 radical (unpaired) electrons. The maximum atomic E-state index is 13.1. The maximum Gasteiger partial charge on any atom is 0.492 e. The van der Waals surface area contributed by atoms with Gasteiger partial charge in [0, 0.05) is 11.7 Å². The summed E-state index contributed by atoms with van der Waals surface area (Å²) in [6.45, 7) is 0.113. The molecule has 2 aromatic rings. The van der Waals surface area contributed by atoms with Crippen molar-refractivity contribution in [3.8, 4) is 11.6 Å². The van der Waals surface area contributed by atoms with Gasteiger partial charge in [-0.15, -0.1) is 0 Å². The van der Waals surface area contributed by atoms with E-state index in [1.54, 1.807) is 18.3 Å². The minimum atomic E-state index is -1.81. The van der Waals surface area contributed by atoms with Crippen molar-refractivity contribution in [2.45, 2.75) is 6.61 Å². The molecule has 20 heavy (non-hydrogen) atoms. The zero-order chi connectivity index (χ0) is 14.5. The van der Waals surface area contributed by atoms with Crippen molar-refractivity contribution in [1.29, 1.82) is 0 Å². The van der Waals surface area contributed by atoms with Gasteiger partial charge < -0.3 is 19.5 Å². The first kappa shape index (κ1) is 14.3. The number of hydrogen-bond donors (Lipinski definition) is 2. The molecule has 0 bridgehead atoms. The summed E-state index contributed by atoms with van der Waals surface area (Å²) in [5.74, 6) is 0.0347. The summed E-state index contributed by atoms with van der Waals surface area (Å²) < 4.78 is 23.6. The van der Waals surface area contributed by atoms with Crippen LogP contribution in [0.3, 0.4) is 0 Å². The topological polar surface area (TPSA) is 71.8 Å². The van der Waals surface area contributed by atoms with Gasteiger partial charge in [0.1, 0.15) is 18.2 Å². The second kappa shape index (κ2) is 6.36. The second-order valence-electron chi connectivity index (χ2n) is 4.02. The standard InChI is InChI=1S/C13H13BFNO4/c1-19-13-9(3-2-6-16-13)8-20-12-5-4-10(15)7-11(12)14(17)18/h2-7,17-18H,8H2,1H3. The summed E-state index contributed by atoms with van der Waals surface area (Å²) in [5, 5.41) is 18.4. The molecule has 0 spiro atoms. The Morgan fingerprint density at radius 1 is 1.30 bits per heavy atom. The second-order valence-corrected chi connectivity index (χ2v) is 4.02. The van der Waals surface area contributed by atoms with Gasteiger partial charge in [0.15, 0.2) is 0 Å². The molecule has 0 aliphatic carbocycles. The predicted molar refractivity (Wildman–Crippen MR) is 71.3 cm³/mol. The zero-order valence-electron chi connectivity index (χ0n) is 10.8. The summed E-state index contributed by atoms with van der Waals surface area (Å²) in [6, 6.07) is 7.03. The molecule has 2 N–H and O–H groups in total. The summed E-state index contributed by atoms with van der Waals surface area (Å²) in [4.78, 5) is 4.02. The molecule has 5 nitrogen and oxygen atoms in total. The Kier molecular flexibility index (Phi) is 4.55. The van der Waals surface area contributed by atoms with Crippen LogP contribution in [0.2, 0.25) is 0 Å². The molecule has 0 aliphatic heterocycles. The molecule has 104 valence electrons. The van der Waals surface area contributed by atoms with Gasteiger partial charge in [0.05, 0.1) is 12.7 Å². The van der Waals surface area contributed by atoms with Crippen molar-refractivity contribution in [2.24, 2.45) is 0 Å². The number of ether oxygens (including phenoxy) is 2. The Morgan fingerprint density at radius 3 is 2.80 bits per heavy atom. The molecule has 0 atom stereocenters. The number of nitrogens with zero attached hydrogens (tertiary/aromatic N) is 1. The van der Waals surface area contributed by atoms with E-state index in [1.165, 1.54) is 19.2 Å². The van der Waals surface area contributed by atoms with E-state index in [1.807, 2.05) is 0 Å². The minimum absolute atomic E-state index is 0.0344. The maximum absolute atomic E-state index is 13.1. The molecule has 0 saturated heterocycles. The molecule has 0 saturated carbocycles. The van der Waals surface area contributed by atoms with Crippen molar-refractivity contribution in [3.05, 3.63) is 47.9 Å². The average molecular weight is 277 g/mol. The summed E-state index contributed by atoms with van der Waals surface area (Å²) >= 11 is 0. The van der Waals surface area contributed by atoms with Crippen LogP contribution in [0.25, 0.3) is 0 Å². The Hall–Kier alpha value is -2.12. The summed E-state index contributed by atoms with van der Waals surface area (Å²) in [5.41, 5.74) is 0.658. The fraction of sp³-hybridized carbons (Fsp3) is 0.154. The Balaban J connectivity index is 2.19. The van der Waals surface area contributed by atoms with Crippen molar-refractivity contribution in [1.82, 2.24) is 4.98 Å². The third kappa shape index (κ3) is 3.25. The highest BCUT2D eigenvalue weighted by molar-refractivity contribution is 6.59. The van der Waals surface area contributed by atoms with E-state index in [-0.39, 0.29) is 17.8 Å². The first-order valence-electron chi connectivity index (χ1n) is 5.88. The molecule has 0 amide bonds. The lowest BCUT2D eigenvalue weighted by molar-refractivity contribution is 0.294. The quantitative estimate of drug-likeness (QED) is 0.778. The van der Waals surface area contributed by atoms with Crippen LogP contribution in [0.15, 0.2) is 36.5 Å². The van der Waals surface area contributed by atoms with Crippen LogP contribution in [0.1, 0.15) is 5.56 Å². The molecule has 1 aromatic carbocycles. The van der Waals surface area contributed by atoms with Gasteiger partial charge in [-0.2, -0.15) is 0 Å². The number of aromatic nitrogens is 1. The highest BCUT2D eigenvalue weighted by Crippen LogP contribution is 2.17. The largest absolute Gasteiger partial charge is 0.492 e. The lowest BCUT2D eigenvalue weighted by atomic mass is 9.79. The van der Waals surface area contributed by atoms with Gasteiger partial charge in [-0.05, 0) is 30.3 Å². The molecule has 1 aromatic heterocycles. The lowest BCUT2D eigenvalue weighted by Gasteiger charge is -2.12. The summed E-state index contributed by atoms with van der Waals surface area (Å²) in [6.07, 6.45) is 1.59. The van der Waals surface area contributed by atoms with Crippen LogP contribution >= 0.6 is 0 Å². The van der Waals surface area contributed by atoms with Crippen molar-refractivity contribution >= 4 is 12.6 Å². The van der Waals surface area contributed by atoms with Crippen LogP contribution in [0.5, 0.6) is 11.6 Å². The van der Waals surface area contributed by atoms with E-state index >= 15 is 0 Å². The third-order valence-electron chi connectivity index (χ3n) is 2.68. The Morgan fingerprint density at radius 2 is 2.10 bits per heavy atom. The van der Waals surface area contributed by atoms with Gasteiger partial charge in [-0.3, -0.25) is 0 Å². The van der Waals surface area contributed by atoms with Gasteiger partial charge in [0.25, 0.3) is 0 Å². The Bertz CT molecular complexity index is 594. The highest BCUT2D eigenvalue weighted by Gasteiger charge is 2.18. The van der Waals surface area contributed by atoms with E-state index in [9.17, 15) is 14.4 Å². The number of halogens is 1. The lowest BCUT2D eigenvalue weighted by Crippen LogP contribution is -2.31. The first-order valence-corrected chi connectivity index (χ1v) is 5.88. The third-order valence-corrected chi connectivity index (χ3v) is 2.68. The van der Waals surface area contributed by atoms with Crippen molar-refractivity contribution in [2.75, 3.05) is 7.11 Å². The van der Waals surface area contributed by atoms with Gasteiger partial charge in [-0.25, -0.2) is 9.37 Å². The number of rotatable bonds is 5. The van der Waals surface area contributed by atoms with Crippen molar-refractivity contribution in [3.63, 3.8) is 0 Å². The molecular weight excluding hydrogens is 264 g/mol. The summed E-state index contributed by atoms with van der Waals surface area (Å²) in [7, 11) is -0.316. The first-order chi connectivity index (χ1) is 9.61. The van der Waals surface area contributed by atoms with Crippen LogP contribution in [0.4, 0.5) is 4.39 Å². The molecule has 0 fully saturated rings. The van der Waals surface area contributed by atoms with Crippen molar-refractivity contribution < 1.29 is 23.9 Å². The Labute approximate surface area is 115 Å². The van der Waals surface area contributed by atoms with Crippen LogP contribution in [0, 0.1) is 5.82 Å². The molecule has 0 unspecified atom stereocenters. The molecule has 0 aliphatic rings. The monoisotopic (exact) mass is 277 g/mol. The van der Waals surface area contributed by atoms with E-state index in [0.717, 1.165) is 6.07 Å². The average Bonchev–Trinajstić information content (AvgIpc) is 2.46. The fourth-order valence-corrected chi connectivity index (χ4v) is 1.73. The van der Waals surface area contributed by atoms with Gasteiger partial charge >= 0.3 is 7.12 Å². The fourth-order valence-electron chi connectivity index (χ4n) is 1.73. The molecular formula is C13H13BFNO4. The van der Waals surface area contributed by atoms with Gasteiger partial charge in [0.2, 0.25) is 5.88 Å². The van der Waals surface area contributed by atoms with Crippen LogP contribution in [-0.2, 0) is 6.61 Å². The zero-order valence-corrected chi connectivity index (χ0v) is 10.8. The van der Waals surface area contributed by atoms with E-state index < -0.39 is 12.9 Å². The number of pyridine rings is 1. The van der Waals surface area contributed by atoms with E-state index in [2.05, 4.69) is 4.98 Å². The van der Waals surface area contributed by atoms with Gasteiger partial charge in [-0.1, -0.05) is 0 Å². The number of hydrogen-bond acceptors (Lipinski definition) is 5. The smallest absolute Gasteiger partial charge is 0.489 e. The SMILES string of the molecule is COc1ncccc1COc1ccc(F)cc1B(O)O. The minimum Gasteiger partial charge on any atom is -0.489 e. The molecule has 7 heteroatoms. The normalized spacial score (nSPS) is 10.2.